The number of rotatable bonds is 4. The maximum absolute atomic E-state index is 5.42. The van der Waals surface area contributed by atoms with E-state index in [9.17, 15) is 0 Å². The van der Waals surface area contributed by atoms with Gasteiger partial charge in [-0.05, 0) is 44.7 Å². The van der Waals surface area contributed by atoms with Crippen LogP contribution >= 0.6 is 0 Å². The van der Waals surface area contributed by atoms with Crippen molar-refractivity contribution in [2.24, 2.45) is 5.92 Å². The minimum atomic E-state index is 0.326. The van der Waals surface area contributed by atoms with Crippen molar-refractivity contribution in [3.8, 4) is 0 Å². The molecule has 2 rings (SSSR count). The fourth-order valence-electron chi connectivity index (χ4n) is 2.78. The van der Waals surface area contributed by atoms with E-state index in [2.05, 4.69) is 19.2 Å². The van der Waals surface area contributed by atoms with Gasteiger partial charge in [-0.1, -0.05) is 19.3 Å². The molecule has 1 aromatic rings. The molecule has 2 atom stereocenters. The van der Waals surface area contributed by atoms with Crippen LogP contribution in [0.25, 0.3) is 0 Å². The van der Waals surface area contributed by atoms with Crippen LogP contribution in [0.5, 0.6) is 0 Å². The van der Waals surface area contributed by atoms with Gasteiger partial charge in [0.1, 0.15) is 5.76 Å². The minimum Gasteiger partial charge on any atom is -0.468 e. The first-order chi connectivity index (χ1) is 7.77. The first-order valence-electron chi connectivity index (χ1n) is 6.57. The summed E-state index contributed by atoms with van der Waals surface area (Å²) in [5.41, 5.74) is 0. The molecule has 0 aliphatic heterocycles. The van der Waals surface area contributed by atoms with Gasteiger partial charge >= 0.3 is 0 Å². The van der Waals surface area contributed by atoms with Crippen molar-refractivity contribution in [3.63, 3.8) is 0 Å². The molecule has 2 nitrogen and oxygen atoms in total. The highest BCUT2D eigenvalue weighted by molar-refractivity contribution is 5.03. The Bertz CT molecular complexity index is 288. The molecular formula is C14H23NO. The molecule has 1 aromatic heterocycles. The smallest absolute Gasteiger partial charge is 0.120 e. The van der Waals surface area contributed by atoms with Gasteiger partial charge in [-0.25, -0.2) is 0 Å². The van der Waals surface area contributed by atoms with Gasteiger partial charge in [-0.15, -0.1) is 0 Å². The van der Waals surface area contributed by atoms with E-state index in [4.69, 9.17) is 4.42 Å². The largest absolute Gasteiger partial charge is 0.468 e. The van der Waals surface area contributed by atoms with E-state index in [1.165, 1.54) is 32.1 Å². The van der Waals surface area contributed by atoms with Gasteiger partial charge in [0.25, 0.3) is 0 Å². The molecule has 1 heterocycles. The number of furan rings is 1. The van der Waals surface area contributed by atoms with Crippen LogP contribution in [0.2, 0.25) is 0 Å². The Balaban J connectivity index is 1.84. The van der Waals surface area contributed by atoms with Crippen molar-refractivity contribution in [3.05, 3.63) is 24.2 Å². The van der Waals surface area contributed by atoms with Gasteiger partial charge in [0.05, 0.1) is 12.3 Å². The zero-order valence-electron chi connectivity index (χ0n) is 10.4. The molecule has 0 radical (unpaired) electrons. The second-order valence-corrected chi connectivity index (χ2v) is 5.09. The molecule has 16 heavy (non-hydrogen) atoms. The molecule has 1 aliphatic rings. The Hall–Kier alpha value is -0.760. The zero-order valence-corrected chi connectivity index (χ0v) is 10.4. The lowest BCUT2D eigenvalue weighted by Gasteiger charge is -2.30. The van der Waals surface area contributed by atoms with Crippen LogP contribution < -0.4 is 5.32 Å². The second kappa shape index (κ2) is 5.53. The van der Waals surface area contributed by atoms with E-state index >= 15 is 0 Å². The van der Waals surface area contributed by atoms with E-state index in [1.54, 1.807) is 6.26 Å². The van der Waals surface area contributed by atoms with E-state index < -0.39 is 0 Å². The number of hydrogen-bond acceptors (Lipinski definition) is 2. The highest BCUT2D eigenvalue weighted by Gasteiger charge is 2.21. The topological polar surface area (TPSA) is 25.2 Å². The normalized spacial score (nSPS) is 21.9. The molecule has 2 heteroatoms. The molecule has 0 amide bonds. The Labute approximate surface area is 98.4 Å². The average molecular weight is 221 g/mol. The standard InChI is InChI=1S/C14H23NO/c1-11(13-7-4-3-5-8-13)15-12(2)14-9-6-10-16-14/h6,9-13,15H,3-5,7-8H2,1-2H3/t11-,12?/m1/s1. The Morgan fingerprint density at radius 1 is 1.25 bits per heavy atom. The summed E-state index contributed by atoms with van der Waals surface area (Å²) in [7, 11) is 0. The third-order valence-electron chi connectivity index (χ3n) is 3.84. The summed E-state index contributed by atoms with van der Waals surface area (Å²) in [4.78, 5) is 0. The van der Waals surface area contributed by atoms with Crippen LogP contribution in [-0.4, -0.2) is 6.04 Å². The second-order valence-electron chi connectivity index (χ2n) is 5.09. The third kappa shape index (κ3) is 2.88. The van der Waals surface area contributed by atoms with Crippen molar-refractivity contribution in [2.45, 2.75) is 58.0 Å². The van der Waals surface area contributed by atoms with Crippen LogP contribution in [0.15, 0.2) is 22.8 Å². The fourth-order valence-corrected chi connectivity index (χ4v) is 2.78. The summed E-state index contributed by atoms with van der Waals surface area (Å²) in [5.74, 6) is 1.90. The van der Waals surface area contributed by atoms with Crippen molar-refractivity contribution >= 4 is 0 Å². The summed E-state index contributed by atoms with van der Waals surface area (Å²) in [6.45, 7) is 4.49. The molecule has 0 bridgehead atoms. The Morgan fingerprint density at radius 3 is 2.62 bits per heavy atom. The monoisotopic (exact) mass is 221 g/mol. The third-order valence-corrected chi connectivity index (χ3v) is 3.84. The van der Waals surface area contributed by atoms with Crippen LogP contribution in [0, 0.1) is 5.92 Å². The molecule has 0 spiro atoms. The molecule has 1 saturated carbocycles. The Morgan fingerprint density at radius 2 is 2.00 bits per heavy atom. The summed E-state index contributed by atoms with van der Waals surface area (Å²) in [6, 6.07) is 4.93. The van der Waals surface area contributed by atoms with Gasteiger partial charge < -0.3 is 9.73 Å². The molecule has 90 valence electrons. The van der Waals surface area contributed by atoms with Crippen molar-refractivity contribution in [2.75, 3.05) is 0 Å². The predicted molar refractivity (Wildman–Crippen MR) is 66.3 cm³/mol. The first-order valence-corrected chi connectivity index (χ1v) is 6.57. The molecule has 1 unspecified atom stereocenters. The molecule has 0 saturated heterocycles. The van der Waals surface area contributed by atoms with Crippen LogP contribution in [0.4, 0.5) is 0 Å². The van der Waals surface area contributed by atoms with Crippen molar-refractivity contribution in [1.29, 1.82) is 0 Å². The van der Waals surface area contributed by atoms with Gasteiger partial charge in [0.15, 0.2) is 0 Å². The molecule has 1 N–H and O–H groups in total. The van der Waals surface area contributed by atoms with Crippen LogP contribution in [0.1, 0.15) is 57.8 Å². The maximum Gasteiger partial charge on any atom is 0.120 e. The van der Waals surface area contributed by atoms with Crippen molar-refractivity contribution < 1.29 is 4.42 Å². The zero-order chi connectivity index (χ0) is 11.4. The van der Waals surface area contributed by atoms with Gasteiger partial charge in [0, 0.05) is 6.04 Å². The molecule has 0 aromatic carbocycles. The van der Waals surface area contributed by atoms with E-state index in [-0.39, 0.29) is 0 Å². The van der Waals surface area contributed by atoms with Gasteiger partial charge in [-0.2, -0.15) is 0 Å². The molecule has 1 aliphatic carbocycles. The van der Waals surface area contributed by atoms with E-state index in [0.29, 0.717) is 12.1 Å². The van der Waals surface area contributed by atoms with Gasteiger partial charge in [0.2, 0.25) is 0 Å². The average Bonchev–Trinajstić information content (AvgIpc) is 2.83. The van der Waals surface area contributed by atoms with Gasteiger partial charge in [-0.3, -0.25) is 0 Å². The highest BCUT2D eigenvalue weighted by atomic mass is 16.3. The first kappa shape index (κ1) is 11.7. The number of nitrogens with one attached hydrogen (secondary N) is 1. The lowest BCUT2D eigenvalue weighted by Crippen LogP contribution is -2.36. The minimum absolute atomic E-state index is 0.326. The maximum atomic E-state index is 5.42. The lowest BCUT2D eigenvalue weighted by atomic mass is 9.84. The van der Waals surface area contributed by atoms with E-state index in [1.807, 2.05) is 12.1 Å². The van der Waals surface area contributed by atoms with Crippen molar-refractivity contribution in [1.82, 2.24) is 5.32 Å². The summed E-state index contributed by atoms with van der Waals surface area (Å²) in [5, 5.41) is 3.66. The van der Waals surface area contributed by atoms with Crippen LogP contribution in [0.3, 0.4) is 0 Å². The number of hydrogen-bond donors (Lipinski definition) is 1. The highest BCUT2D eigenvalue weighted by Crippen LogP contribution is 2.27. The van der Waals surface area contributed by atoms with E-state index in [0.717, 1.165) is 11.7 Å². The SMILES string of the molecule is CC(N[C@H](C)C1CCCCC1)c1ccco1. The summed E-state index contributed by atoms with van der Waals surface area (Å²) in [6.07, 6.45) is 8.77. The molecule has 1 fully saturated rings. The Kier molecular flexibility index (Phi) is 4.05. The summed E-state index contributed by atoms with van der Waals surface area (Å²) < 4.78 is 5.42. The fraction of sp³-hybridized carbons (Fsp3) is 0.714. The van der Waals surface area contributed by atoms with Crippen LogP contribution in [-0.2, 0) is 0 Å². The quantitative estimate of drug-likeness (QED) is 0.834. The predicted octanol–water partition coefficient (Wildman–Crippen LogP) is 3.90. The lowest BCUT2D eigenvalue weighted by molar-refractivity contribution is 0.259. The summed E-state index contributed by atoms with van der Waals surface area (Å²) >= 11 is 0. The molecular weight excluding hydrogens is 198 g/mol.